The third kappa shape index (κ3) is 3.76. The second-order valence-electron chi connectivity index (χ2n) is 3.11. The van der Waals surface area contributed by atoms with E-state index in [-0.39, 0.29) is 0 Å². The van der Waals surface area contributed by atoms with Gasteiger partial charge in [-0.15, -0.1) is 0 Å². The van der Waals surface area contributed by atoms with Crippen LogP contribution in [0, 0.1) is 6.92 Å². The highest BCUT2D eigenvalue weighted by atomic mass is 35.5. The number of aryl methyl sites for hydroxylation is 1. The summed E-state index contributed by atoms with van der Waals surface area (Å²) in [4.78, 5) is 11.1. The number of rotatable bonds is 3. The molecule has 0 heterocycles. The summed E-state index contributed by atoms with van der Waals surface area (Å²) in [5.74, 6) is -0.414. The minimum Gasteiger partial charge on any atom is -0.463 e. The van der Waals surface area contributed by atoms with Crippen LogP contribution in [0.3, 0.4) is 0 Å². The van der Waals surface area contributed by atoms with Crippen LogP contribution in [0.5, 0.6) is 0 Å². The van der Waals surface area contributed by atoms with Gasteiger partial charge in [0.05, 0.1) is 11.6 Å². The molecule has 0 aromatic heterocycles. The zero-order valence-corrected chi connectivity index (χ0v) is 9.54. The Kier molecular flexibility index (Phi) is 4.37. The minimum absolute atomic E-state index is 0.355. The van der Waals surface area contributed by atoms with E-state index < -0.39 is 5.97 Å². The number of esters is 1. The van der Waals surface area contributed by atoms with E-state index in [0.717, 1.165) is 11.1 Å². The number of hydrogen-bond acceptors (Lipinski definition) is 2. The highest BCUT2D eigenvalue weighted by Gasteiger charge is 2.02. The molecule has 0 aliphatic rings. The third-order valence-electron chi connectivity index (χ3n) is 1.86. The quantitative estimate of drug-likeness (QED) is 0.583. The minimum atomic E-state index is -0.414. The molecule has 0 bridgehead atoms. The monoisotopic (exact) mass is 224 g/mol. The summed E-state index contributed by atoms with van der Waals surface area (Å²) < 4.78 is 4.76. The molecular formula is C12H13ClO2. The highest BCUT2D eigenvalue weighted by molar-refractivity contribution is 6.50. The lowest BCUT2D eigenvalue weighted by molar-refractivity contribution is -0.137. The zero-order chi connectivity index (χ0) is 11.3. The van der Waals surface area contributed by atoms with Crippen LogP contribution in [0.1, 0.15) is 18.1 Å². The molecule has 15 heavy (non-hydrogen) atoms. The summed E-state index contributed by atoms with van der Waals surface area (Å²) in [5, 5.41) is 0.397. The second-order valence-corrected chi connectivity index (χ2v) is 3.52. The molecule has 0 aliphatic carbocycles. The standard InChI is InChI=1S/C12H13ClO2/c1-3-15-12(14)8-11(13)10-6-4-9(2)5-7-10/h4-8H,3H2,1-2H3. The van der Waals surface area contributed by atoms with E-state index in [4.69, 9.17) is 16.3 Å². The molecule has 2 nitrogen and oxygen atoms in total. The number of carbonyl (C=O) groups is 1. The first-order valence-electron chi connectivity index (χ1n) is 4.74. The molecule has 0 amide bonds. The Hall–Kier alpha value is -1.28. The van der Waals surface area contributed by atoms with Crippen molar-refractivity contribution in [3.63, 3.8) is 0 Å². The summed E-state index contributed by atoms with van der Waals surface area (Å²) in [6.07, 6.45) is 1.29. The zero-order valence-electron chi connectivity index (χ0n) is 8.79. The van der Waals surface area contributed by atoms with Crippen LogP contribution in [-0.4, -0.2) is 12.6 Å². The molecule has 3 heteroatoms. The fraction of sp³-hybridized carbons (Fsp3) is 0.250. The molecule has 1 rings (SSSR count). The Morgan fingerprint density at radius 1 is 1.40 bits per heavy atom. The van der Waals surface area contributed by atoms with Crippen molar-refractivity contribution in [2.75, 3.05) is 6.61 Å². The van der Waals surface area contributed by atoms with Crippen LogP contribution in [0.25, 0.3) is 5.03 Å². The fourth-order valence-electron chi connectivity index (χ4n) is 1.08. The predicted molar refractivity (Wildman–Crippen MR) is 61.6 cm³/mol. The first-order chi connectivity index (χ1) is 7.13. The molecular weight excluding hydrogens is 212 g/mol. The van der Waals surface area contributed by atoms with Crippen LogP contribution in [-0.2, 0) is 9.53 Å². The first kappa shape index (κ1) is 11.8. The van der Waals surface area contributed by atoms with Crippen molar-refractivity contribution in [3.8, 4) is 0 Å². The van der Waals surface area contributed by atoms with Crippen molar-refractivity contribution in [2.45, 2.75) is 13.8 Å². The van der Waals surface area contributed by atoms with E-state index in [1.807, 2.05) is 31.2 Å². The molecule has 0 atom stereocenters. The maximum Gasteiger partial charge on any atom is 0.332 e. The molecule has 0 unspecified atom stereocenters. The van der Waals surface area contributed by atoms with Crippen LogP contribution in [0.4, 0.5) is 0 Å². The number of benzene rings is 1. The SMILES string of the molecule is CCOC(=O)C=C(Cl)c1ccc(C)cc1. The average Bonchev–Trinajstić information content (AvgIpc) is 2.18. The lowest BCUT2D eigenvalue weighted by Gasteiger charge is -2.00. The summed E-state index contributed by atoms with van der Waals surface area (Å²) in [5.41, 5.74) is 1.97. The van der Waals surface area contributed by atoms with Gasteiger partial charge in [-0.3, -0.25) is 0 Å². The molecule has 1 aromatic rings. The maximum absolute atomic E-state index is 11.1. The smallest absolute Gasteiger partial charge is 0.332 e. The van der Waals surface area contributed by atoms with Crippen LogP contribution in [0.15, 0.2) is 30.3 Å². The lowest BCUT2D eigenvalue weighted by atomic mass is 10.1. The topological polar surface area (TPSA) is 26.3 Å². The predicted octanol–water partition coefficient (Wildman–Crippen LogP) is 3.14. The highest BCUT2D eigenvalue weighted by Crippen LogP contribution is 2.19. The van der Waals surface area contributed by atoms with Gasteiger partial charge in [-0.1, -0.05) is 41.4 Å². The largest absolute Gasteiger partial charge is 0.463 e. The second kappa shape index (κ2) is 5.56. The molecule has 0 saturated heterocycles. The van der Waals surface area contributed by atoms with Gasteiger partial charge in [0, 0.05) is 6.08 Å². The molecule has 0 radical (unpaired) electrons. The van der Waals surface area contributed by atoms with E-state index >= 15 is 0 Å². The Morgan fingerprint density at radius 2 is 2.00 bits per heavy atom. The number of halogens is 1. The summed E-state index contributed by atoms with van der Waals surface area (Å²) in [6.45, 7) is 4.10. The summed E-state index contributed by atoms with van der Waals surface area (Å²) in [7, 11) is 0. The fourth-order valence-corrected chi connectivity index (χ4v) is 1.30. The van der Waals surface area contributed by atoms with Gasteiger partial charge >= 0.3 is 5.97 Å². The van der Waals surface area contributed by atoms with Crippen LogP contribution < -0.4 is 0 Å². The summed E-state index contributed by atoms with van der Waals surface area (Å²) >= 11 is 5.95. The van der Waals surface area contributed by atoms with Gasteiger partial charge in [0.15, 0.2) is 0 Å². The van der Waals surface area contributed by atoms with Gasteiger partial charge in [-0.05, 0) is 19.4 Å². The van der Waals surface area contributed by atoms with Crippen molar-refractivity contribution in [1.82, 2.24) is 0 Å². The number of hydrogen-bond donors (Lipinski definition) is 0. The normalized spacial score (nSPS) is 11.3. The Morgan fingerprint density at radius 3 is 2.53 bits per heavy atom. The molecule has 0 saturated carbocycles. The van der Waals surface area contributed by atoms with Crippen molar-refractivity contribution in [2.24, 2.45) is 0 Å². The van der Waals surface area contributed by atoms with Gasteiger partial charge in [-0.25, -0.2) is 4.79 Å². The van der Waals surface area contributed by atoms with E-state index in [0.29, 0.717) is 11.6 Å². The molecule has 0 N–H and O–H groups in total. The molecule has 0 fully saturated rings. The van der Waals surface area contributed by atoms with Crippen molar-refractivity contribution in [1.29, 1.82) is 0 Å². The van der Waals surface area contributed by atoms with E-state index in [2.05, 4.69) is 0 Å². The Labute approximate surface area is 94.5 Å². The van der Waals surface area contributed by atoms with Gasteiger partial charge < -0.3 is 4.74 Å². The number of carbonyl (C=O) groups excluding carboxylic acids is 1. The van der Waals surface area contributed by atoms with Gasteiger partial charge in [0.25, 0.3) is 0 Å². The molecule has 0 aliphatic heterocycles. The van der Waals surface area contributed by atoms with Crippen LogP contribution in [0.2, 0.25) is 0 Å². The van der Waals surface area contributed by atoms with Crippen molar-refractivity contribution < 1.29 is 9.53 Å². The van der Waals surface area contributed by atoms with Gasteiger partial charge in [-0.2, -0.15) is 0 Å². The summed E-state index contributed by atoms with van der Waals surface area (Å²) in [6, 6.07) is 7.62. The number of ether oxygens (including phenoxy) is 1. The van der Waals surface area contributed by atoms with Crippen molar-refractivity contribution in [3.05, 3.63) is 41.5 Å². The Balaban J connectivity index is 2.79. The third-order valence-corrected chi connectivity index (χ3v) is 2.19. The van der Waals surface area contributed by atoms with E-state index in [1.54, 1.807) is 6.92 Å². The maximum atomic E-state index is 11.1. The molecule has 80 valence electrons. The van der Waals surface area contributed by atoms with Gasteiger partial charge in [0.2, 0.25) is 0 Å². The van der Waals surface area contributed by atoms with Gasteiger partial charge in [0.1, 0.15) is 0 Å². The van der Waals surface area contributed by atoms with Crippen molar-refractivity contribution >= 4 is 22.6 Å². The average molecular weight is 225 g/mol. The first-order valence-corrected chi connectivity index (χ1v) is 5.12. The van der Waals surface area contributed by atoms with E-state index in [1.165, 1.54) is 6.08 Å². The van der Waals surface area contributed by atoms with Crippen LogP contribution >= 0.6 is 11.6 Å². The Bertz CT molecular complexity index is 366. The van der Waals surface area contributed by atoms with E-state index in [9.17, 15) is 4.79 Å². The molecule has 0 spiro atoms. The molecule has 1 aromatic carbocycles. The lowest BCUT2D eigenvalue weighted by Crippen LogP contribution is -1.99.